The summed E-state index contributed by atoms with van der Waals surface area (Å²) in [4.78, 5) is 38.3. The molecule has 8 heteroatoms. The number of nitrogens with zero attached hydrogens (tertiary/aromatic N) is 2. The van der Waals surface area contributed by atoms with E-state index in [2.05, 4.69) is 10.4 Å². The molecule has 8 nitrogen and oxygen atoms in total. The number of rotatable bonds is 4. The van der Waals surface area contributed by atoms with E-state index in [4.69, 9.17) is 4.74 Å². The molecule has 3 rings (SSSR count). The van der Waals surface area contributed by atoms with Gasteiger partial charge in [0, 0.05) is 26.1 Å². The topological polar surface area (TPSA) is 96.4 Å². The van der Waals surface area contributed by atoms with Crippen LogP contribution in [0, 0.1) is 0 Å². The predicted octanol–water partition coefficient (Wildman–Crippen LogP) is 0.143. The molecule has 1 aromatic heterocycles. The van der Waals surface area contributed by atoms with E-state index in [1.54, 1.807) is 24.1 Å². The van der Waals surface area contributed by atoms with Gasteiger partial charge in [0.05, 0.1) is 24.9 Å². The maximum atomic E-state index is 12.8. The van der Waals surface area contributed by atoms with Crippen LogP contribution >= 0.6 is 0 Å². The Morgan fingerprint density at radius 1 is 1.32 bits per heavy atom. The van der Waals surface area contributed by atoms with Crippen LogP contribution in [-0.2, 0) is 9.53 Å². The van der Waals surface area contributed by atoms with Crippen molar-refractivity contribution in [2.45, 2.75) is 12.5 Å². The Balaban J connectivity index is 1.84. The third-order valence-electron chi connectivity index (χ3n) is 4.15. The van der Waals surface area contributed by atoms with Gasteiger partial charge in [0.15, 0.2) is 0 Å². The van der Waals surface area contributed by atoms with Crippen LogP contribution < -0.4 is 10.9 Å². The molecular weight excluding hydrogens is 324 g/mol. The van der Waals surface area contributed by atoms with E-state index in [0.29, 0.717) is 25.4 Å². The molecule has 0 unspecified atom stereocenters. The summed E-state index contributed by atoms with van der Waals surface area (Å²) in [7, 11) is 1.55. The molecule has 132 valence electrons. The first kappa shape index (κ1) is 17.0. The van der Waals surface area contributed by atoms with Crippen molar-refractivity contribution in [2.24, 2.45) is 0 Å². The number of carbonyl (C=O) groups is 2. The molecule has 1 aliphatic rings. The number of hydrogen-bond acceptors (Lipinski definition) is 4. The van der Waals surface area contributed by atoms with Gasteiger partial charge in [-0.1, -0.05) is 18.2 Å². The number of H-pyrrole nitrogens is 1. The second-order valence-electron chi connectivity index (χ2n) is 5.78. The molecule has 2 heterocycles. The van der Waals surface area contributed by atoms with E-state index >= 15 is 0 Å². The number of morpholine rings is 1. The van der Waals surface area contributed by atoms with E-state index in [-0.39, 0.29) is 35.5 Å². The normalized spacial score (nSPS) is 17.3. The molecule has 1 aliphatic heterocycles. The highest BCUT2D eigenvalue weighted by Crippen LogP contribution is 2.14. The van der Waals surface area contributed by atoms with Gasteiger partial charge < -0.3 is 15.0 Å². The minimum atomic E-state index is -0.357. The van der Waals surface area contributed by atoms with Gasteiger partial charge >= 0.3 is 0 Å². The number of hydrogen-bond donors (Lipinski definition) is 2. The first-order valence-electron chi connectivity index (χ1n) is 8.07. The molecule has 0 saturated carbocycles. The van der Waals surface area contributed by atoms with Crippen molar-refractivity contribution in [2.75, 3.05) is 26.8 Å². The van der Waals surface area contributed by atoms with Gasteiger partial charge in [0.1, 0.15) is 5.69 Å². The first-order chi connectivity index (χ1) is 12.1. The first-order valence-corrected chi connectivity index (χ1v) is 8.07. The minimum Gasteiger partial charge on any atom is -0.377 e. The smallest absolute Gasteiger partial charge is 0.272 e. The molecular formula is C17H20N4O4. The van der Waals surface area contributed by atoms with Crippen LogP contribution in [0.15, 0.2) is 41.2 Å². The fraction of sp³-hybridized carbons (Fsp3) is 0.353. The second kappa shape index (κ2) is 7.35. The summed E-state index contributed by atoms with van der Waals surface area (Å²) >= 11 is 0. The predicted molar refractivity (Wildman–Crippen MR) is 90.7 cm³/mol. The zero-order chi connectivity index (χ0) is 17.8. The summed E-state index contributed by atoms with van der Waals surface area (Å²) in [6.45, 7) is 1.07. The van der Waals surface area contributed by atoms with E-state index in [1.807, 2.05) is 18.2 Å². The Bertz CT molecular complexity index is 812. The van der Waals surface area contributed by atoms with Crippen LogP contribution in [0.25, 0.3) is 5.69 Å². The molecule has 0 bridgehead atoms. The van der Waals surface area contributed by atoms with Gasteiger partial charge in [-0.15, -0.1) is 0 Å². The van der Waals surface area contributed by atoms with E-state index in [1.165, 1.54) is 10.7 Å². The second-order valence-corrected chi connectivity index (χ2v) is 5.78. The Morgan fingerprint density at radius 3 is 2.80 bits per heavy atom. The van der Waals surface area contributed by atoms with Crippen molar-refractivity contribution < 1.29 is 14.3 Å². The third kappa shape index (κ3) is 3.63. The van der Waals surface area contributed by atoms with Crippen LogP contribution in [0.3, 0.4) is 0 Å². The van der Waals surface area contributed by atoms with Gasteiger partial charge in [-0.3, -0.25) is 19.5 Å². The molecule has 0 radical (unpaired) electrons. The number of aromatic amines is 1. The monoisotopic (exact) mass is 344 g/mol. The van der Waals surface area contributed by atoms with E-state index in [9.17, 15) is 14.4 Å². The Kier molecular flexibility index (Phi) is 4.99. The third-order valence-corrected chi connectivity index (χ3v) is 4.15. The maximum Gasteiger partial charge on any atom is 0.272 e. The molecule has 25 heavy (non-hydrogen) atoms. The summed E-state index contributed by atoms with van der Waals surface area (Å²) in [5.74, 6) is -0.479. The lowest BCUT2D eigenvalue weighted by atomic mass is 10.1. The number of aromatic nitrogens is 2. The molecule has 2 amide bonds. The Hall–Kier alpha value is -2.87. The Labute approximate surface area is 144 Å². The van der Waals surface area contributed by atoms with Crippen molar-refractivity contribution in [3.8, 4) is 5.69 Å². The molecule has 2 aromatic rings. The summed E-state index contributed by atoms with van der Waals surface area (Å²) in [6, 6.07) is 9.94. The molecule has 1 atom stereocenters. The average molecular weight is 344 g/mol. The summed E-state index contributed by atoms with van der Waals surface area (Å²) in [6.07, 6.45) is 0.159. The van der Waals surface area contributed by atoms with E-state index in [0.717, 1.165) is 0 Å². The highest BCUT2D eigenvalue weighted by molar-refractivity contribution is 5.93. The van der Waals surface area contributed by atoms with Crippen molar-refractivity contribution >= 4 is 11.8 Å². The lowest BCUT2D eigenvalue weighted by molar-refractivity contribution is -0.123. The van der Waals surface area contributed by atoms with Crippen LogP contribution in [0.5, 0.6) is 0 Å². The highest BCUT2D eigenvalue weighted by atomic mass is 16.5. The Morgan fingerprint density at radius 2 is 2.08 bits per heavy atom. The highest BCUT2D eigenvalue weighted by Gasteiger charge is 2.30. The van der Waals surface area contributed by atoms with Crippen molar-refractivity contribution in [3.63, 3.8) is 0 Å². The van der Waals surface area contributed by atoms with Crippen LogP contribution in [0.4, 0.5) is 0 Å². The largest absolute Gasteiger partial charge is 0.377 e. The molecule has 2 N–H and O–H groups in total. The number of nitrogens with one attached hydrogen (secondary N) is 2. The van der Waals surface area contributed by atoms with Gasteiger partial charge in [0.25, 0.3) is 11.5 Å². The van der Waals surface area contributed by atoms with Gasteiger partial charge in [0.2, 0.25) is 5.91 Å². The van der Waals surface area contributed by atoms with Crippen molar-refractivity contribution in [1.82, 2.24) is 20.0 Å². The lowest BCUT2D eigenvalue weighted by Gasteiger charge is -2.34. The SMILES string of the molecule is CNC(=O)C[C@H]1COCCN1C(=O)c1cc(=O)n(-c2ccccc2)[nH]1. The van der Waals surface area contributed by atoms with Crippen LogP contribution in [0.1, 0.15) is 16.9 Å². The minimum absolute atomic E-state index is 0.159. The average Bonchev–Trinajstić information content (AvgIpc) is 3.04. The number of para-hydroxylation sites is 1. The summed E-state index contributed by atoms with van der Waals surface area (Å²) in [5, 5.41) is 5.41. The molecule has 0 spiro atoms. The van der Waals surface area contributed by atoms with Crippen molar-refractivity contribution in [1.29, 1.82) is 0 Å². The molecule has 1 fully saturated rings. The maximum absolute atomic E-state index is 12.8. The van der Waals surface area contributed by atoms with Gasteiger partial charge in [-0.25, -0.2) is 4.68 Å². The molecule has 0 aliphatic carbocycles. The molecule has 1 saturated heterocycles. The van der Waals surface area contributed by atoms with Gasteiger partial charge in [-0.05, 0) is 12.1 Å². The standard InChI is InChI=1S/C17H20N4O4/c1-18-15(22)9-13-11-25-8-7-20(13)17(24)14-10-16(23)21(19-14)12-5-3-2-4-6-12/h2-6,10,13,19H,7-9,11H2,1H3,(H,18,22)/t13-/m0/s1. The lowest BCUT2D eigenvalue weighted by Crippen LogP contribution is -2.50. The fourth-order valence-electron chi connectivity index (χ4n) is 2.84. The summed E-state index contributed by atoms with van der Waals surface area (Å²) < 4.78 is 6.71. The zero-order valence-electron chi connectivity index (χ0n) is 13.9. The van der Waals surface area contributed by atoms with Crippen molar-refractivity contribution in [3.05, 3.63) is 52.4 Å². The summed E-state index contributed by atoms with van der Waals surface area (Å²) in [5.41, 5.74) is 0.527. The van der Waals surface area contributed by atoms with Crippen LogP contribution in [0.2, 0.25) is 0 Å². The zero-order valence-corrected chi connectivity index (χ0v) is 13.9. The van der Waals surface area contributed by atoms with Gasteiger partial charge in [-0.2, -0.15) is 0 Å². The number of amides is 2. The number of benzene rings is 1. The molecule has 1 aromatic carbocycles. The fourth-order valence-corrected chi connectivity index (χ4v) is 2.84. The van der Waals surface area contributed by atoms with E-state index < -0.39 is 0 Å². The number of ether oxygens (including phenoxy) is 1. The number of carbonyl (C=O) groups excluding carboxylic acids is 2. The quantitative estimate of drug-likeness (QED) is 0.825. The van der Waals surface area contributed by atoms with Crippen LogP contribution in [-0.4, -0.2) is 59.3 Å².